The van der Waals surface area contributed by atoms with Gasteiger partial charge in [-0.3, -0.25) is 4.99 Å². The SMILES string of the molecule is COC1=CC(=N)C=C2C(C)=CC(C)(C)N=C12. The van der Waals surface area contributed by atoms with Crippen LogP contribution in [0.2, 0.25) is 0 Å². The highest BCUT2D eigenvalue weighted by atomic mass is 16.5. The van der Waals surface area contributed by atoms with Gasteiger partial charge in [-0.25, -0.2) is 0 Å². The van der Waals surface area contributed by atoms with Gasteiger partial charge in [-0.2, -0.15) is 0 Å². The molecule has 3 heteroatoms. The summed E-state index contributed by atoms with van der Waals surface area (Å²) >= 11 is 0. The van der Waals surface area contributed by atoms with E-state index >= 15 is 0 Å². The van der Waals surface area contributed by atoms with Gasteiger partial charge in [0.2, 0.25) is 0 Å². The Bertz CT molecular complexity index is 476. The van der Waals surface area contributed by atoms with Crippen molar-refractivity contribution < 1.29 is 4.74 Å². The third-order valence-corrected chi connectivity index (χ3v) is 2.69. The van der Waals surface area contributed by atoms with Crippen LogP contribution in [0.25, 0.3) is 0 Å². The highest BCUT2D eigenvalue weighted by Crippen LogP contribution is 2.31. The normalized spacial score (nSPS) is 22.6. The fourth-order valence-corrected chi connectivity index (χ4v) is 2.11. The maximum Gasteiger partial charge on any atom is 0.146 e. The maximum atomic E-state index is 7.72. The summed E-state index contributed by atoms with van der Waals surface area (Å²) in [5.74, 6) is 0.683. The van der Waals surface area contributed by atoms with E-state index in [9.17, 15) is 0 Å². The molecule has 0 aromatic heterocycles. The molecule has 0 saturated carbocycles. The molecule has 84 valence electrons. The topological polar surface area (TPSA) is 45.4 Å². The van der Waals surface area contributed by atoms with Gasteiger partial charge in [0.25, 0.3) is 0 Å². The number of nitrogens with one attached hydrogen (secondary N) is 1. The zero-order valence-electron chi connectivity index (χ0n) is 10.1. The molecular weight excluding hydrogens is 200 g/mol. The number of rotatable bonds is 1. The van der Waals surface area contributed by atoms with Crippen molar-refractivity contribution in [2.45, 2.75) is 26.3 Å². The van der Waals surface area contributed by atoms with Gasteiger partial charge in [-0.1, -0.05) is 6.08 Å². The molecule has 0 fully saturated rings. The van der Waals surface area contributed by atoms with Crippen molar-refractivity contribution in [3.05, 3.63) is 35.1 Å². The molecule has 2 rings (SSSR count). The van der Waals surface area contributed by atoms with Crippen LogP contribution in [0.5, 0.6) is 0 Å². The molecule has 1 heterocycles. The average molecular weight is 216 g/mol. The molecule has 0 radical (unpaired) electrons. The van der Waals surface area contributed by atoms with Crippen molar-refractivity contribution >= 4 is 11.4 Å². The fourth-order valence-electron chi connectivity index (χ4n) is 2.11. The second-order valence-corrected chi connectivity index (χ2v) is 4.67. The minimum absolute atomic E-state index is 0.200. The standard InChI is InChI=1S/C13H16N2O/c1-8-7-13(2,3)15-12-10(8)5-9(14)6-11(12)16-4/h5-7,14H,1-4H3. The van der Waals surface area contributed by atoms with Crippen LogP contribution in [0, 0.1) is 5.41 Å². The number of dihydropyridines is 1. The Kier molecular flexibility index (Phi) is 2.34. The van der Waals surface area contributed by atoms with Gasteiger partial charge >= 0.3 is 0 Å². The Morgan fingerprint density at radius 1 is 1.31 bits per heavy atom. The van der Waals surface area contributed by atoms with Crippen LogP contribution < -0.4 is 0 Å². The van der Waals surface area contributed by atoms with Crippen LogP contribution in [-0.2, 0) is 4.74 Å². The van der Waals surface area contributed by atoms with E-state index in [4.69, 9.17) is 10.1 Å². The number of ether oxygens (including phenoxy) is 1. The van der Waals surface area contributed by atoms with Crippen molar-refractivity contribution in [2.75, 3.05) is 7.11 Å². The summed E-state index contributed by atoms with van der Waals surface area (Å²) in [6.45, 7) is 6.18. The number of fused-ring (bicyclic) bond motifs is 1. The van der Waals surface area contributed by atoms with Gasteiger partial charge < -0.3 is 10.1 Å². The highest BCUT2D eigenvalue weighted by molar-refractivity contribution is 6.24. The lowest BCUT2D eigenvalue weighted by molar-refractivity contribution is 0.314. The Labute approximate surface area is 95.7 Å². The maximum absolute atomic E-state index is 7.72. The number of hydrogen-bond donors (Lipinski definition) is 1. The quantitative estimate of drug-likeness (QED) is 0.673. The molecule has 1 aliphatic heterocycles. The van der Waals surface area contributed by atoms with Crippen LogP contribution in [0.4, 0.5) is 0 Å². The van der Waals surface area contributed by atoms with E-state index in [0.717, 1.165) is 16.9 Å². The van der Waals surface area contributed by atoms with Gasteiger partial charge in [0.1, 0.15) is 11.5 Å². The molecule has 2 aliphatic rings. The van der Waals surface area contributed by atoms with E-state index < -0.39 is 0 Å². The number of aliphatic imine (C=N–C) groups is 1. The number of nitrogens with zero attached hydrogens (tertiary/aromatic N) is 1. The average Bonchev–Trinajstić information content (AvgIpc) is 2.17. The molecule has 0 unspecified atom stereocenters. The minimum atomic E-state index is -0.200. The minimum Gasteiger partial charge on any atom is -0.494 e. The summed E-state index contributed by atoms with van der Waals surface area (Å²) in [6, 6.07) is 0. The monoisotopic (exact) mass is 216 g/mol. The van der Waals surface area contributed by atoms with Crippen molar-refractivity contribution in [1.82, 2.24) is 0 Å². The molecular formula is C13H16N2O. The highest BCUT2D eigenvalue weighted by Gasteiger charge is 2.28. The molecule has 0 aromatic rings. The molecule has 0 spiro atoms. The van der Waals surface area contributed by atoms with E-state index in [0.29, 0.717) is 11.5 Å². The van der Waals surface area contributed by atoms with E-state index in [-0.39, 0.29) is 5.54 Å². The predicted octanol–water partition coefficient (Wildman–Crippen LogP) is 2.66. The largest absolute Gasteiger partial charge is 0.494 e. The van der Waals surface area contributed by atoms with Gasteiger partial charge in [0, 0.05) is 11.6 Å². The molecule has 0 aromatic carbocycles. The number of hydrogen-bond acceptors (Lipinski definition) is 3. The molecule has 1 aliphatic carbocycles. The zero-order valence-corrected chi connectivity index (χ0v) is 10.1. The van der Waals surface area contributed by atoms with Gasteiger partial charge in [-0.15, -0.1) is 0 Å². The summed E-state index contributed by atoms with van der Waals surface area (Å²) < 4.78 is 5.29. The van der Waals surface area contributed by atoms with Gasteiger partial charge in [0.15, 0.2) is 0 Å². The fraction of sp³-hybridized carbons (Fsp3) is 0.385. The van der Waals surface area contributed by atoms with Crippen molar-refractivity contribution in [3.8, 4) is 0 Å². The Morgan fingerprint density at radius 2 is 2.00 bits per heavy atom. The van der Waals surface area contributed by atoms with Crippen molar-refractivity contribution in [2.24, 2.45) is 4.99 Å². The zero-order chi connectivity index (χ0) is 11.9. The summed E-state index contributed by atoms with van der Waals surface area (Å²) in [4.78, 5) is 4.66. The summed E-state index contributed by atoms with van der Waals surface area (Å²) in [5, 5.41) is 7.72. The first-order valence-electron chi connectivity index (χ1n) is 5.29. The lowest BCUT2D eigenvalue weighted by Gasteiger charge is -2.28. The van der Waals surface area contributed by atoms with Crippen LogP contribution in [0.1, 0.15) is 20.8 Å². The van der Waals surface area contributed by atoms with Gasteiger partial charge in [-0.05, 0) is 32.4 Å². The van der Waals surface area contributed by atoms with Crippen LogP contribution >= 0.6 is 0 Å². The first kappa shape index (κ1) is 10.9. The molecule has 0 bridgehead atoms. The lowest BCUT2D eigenvalue weighted by atomic mass is 9.87. The van der Waals surface area contributed by atoms with Crippen LogP contribution in [0.3, 0.4) is 0 Å². The van der Waals surface area contributed by atoms with E-state index in [1.54, 1.807) is 13.2 Å². The second kappa shape index (κ2) is 3.44. The molecule has 0 amide bonds. The van der Waals surface area contributed by atoms with Crippen LogP contribution in [-0.4, -0.2) is 24.1 Å². The molecule has 1 N–H and O–H groups in total. The van der Waals surface area contributed by atoms with E-state index in [2.05, 4.69) is 24.9 Å². The third kappa shape index (κ3) is 1.73. The van der Waals surface area contributed by atoms with E-state index in [1.807, 2.05) is 13.0 Å². The first-order valence-corrected chi connectivity index (χ1v) is 5.29. The molecule has 3 nitrogen and oxygen atoms in total. The second-order valence-electron chi connectivity index (χ2n) is 4.67. The molecule has 0 saturated heterocycles. The third-order valence-electron chi connectivity index (χ3n) is 2.69. The van der Waals surface area contributed by atoms with Gasteiger partial charge in [0.05, 0.1) is 18.4 Å². The van der Waals surface area contributed by atoms with Crippen LogP contribution in [0.15, 0.2) is 40.1 Å². The molecule has 0 atom stereocenters. The summed E-state index contributed by atoms with van der Waals surface area (Å²) in [5.41, 5.74) is 3.28. The Balaban J connectivity index is 2.57. The van der Waals surface area contributed by atoms with Crippen molar-refractivity contribution in [3.63, 3.8) is 0 Å². The predicted molar refractivity (Wildman–Crippen MR) is 66.2 cm³/mol. The molecule has 16 heavy (non-hydrogen) atoms. The van der Waals surface area contributed by atoms with Crippen molar-refractivity contribution in [1.29, 1.82) is 5.41 Å². The lowest BCUT2D eigenvalue weighted by Crippen LogP contribution is -2.27. The number of methoxy groups -OCH3 is 1. The Hall–Kier alpha value is -1.64. The Morgan fingerprint density at radius 3 is 2.62 bits per heavy atom. The summed E-state index contributed by atoms with van der Waals surface area (Å²) in [6.07, 6.45) is 5.66. The first-order chi connectivity index (χ1) is 7.43. The van der Waals surface area contributed by atoms with E-state index in [1.165, 1.54) is 0 Å². The number of allylic oxidation sites excluding steroid dienone is 4. The summed E-state index contributed by atoms with van der Waals surface area (Å²) in [7, 11) is 1.62. The smallest absolute Gasteiger partial charge is 0.146 e.